The Balaban J connectivity index is 1.20. The molecule has 0 aromatic heterocycles. The third kappa shape index (κ3) is 2.92. The smallest absolute Gasteiger partial charge is 0.338 e. The fourth-order valence-corrected chi connectivity index (χ4v) is 9.32. The van der Waals surface area contributed by atoms with Crippen LogP contribution in [0.2, 0.25) is 0 Å². The van der Waals surface area contributed by atoms with Gasteiger partial charge in [-0.05, 0) is 106 Å². The monoisotopic (exact) mass is 433 g/mol. The number of rotatable bonds is 2. The van der Waals surface area contributed by atoms with Gasteiger partial charge >= 0.3 is 5.97 Å². The van der Waals surface area contributed by atoms with Gasteiger partial charge in [-0.2, -0.15) is 0 Å². The third-order valence-electron chi connectivity index (χ3n) is 10.9. The minimum Gasteiger partial charge on any atom is -0.458 e. The van der Waals surface area contributed by atoms with Crippen LogP contribution in [0.3, 0.4) is 0 Å². The molecule has 6 rings (SSSR count). The van der Waals surface area contributed by atoms with Crippen LogP contribution in [-0.4, -0.2) is 36.6 Å². The molecule has 3 saturated carbocycles. The molecule has 0 radical (unpaired) electrons. The Kier molecular flexibility index (Phi) is 4.88. The predicted molar refractivity (Wildman–Crippen MR) is 127 cm³/mol. The molecule has 5 aliphatic rings. The molecule has 1 heterocycles. The predicted octanol–water partition coefficient (Wildman–Crippen LogP) is 6.11. The van der Waals surface area contributed by atoms with Crippen molar-refractivity contribution in [3.63, 3.8) is 0 Å². The third-order valence-corrected chi connectivity index (χ3v) is 10.9. The Morgan fingerprint density at radius 1 is 1.03 bits per heavy atom. The molecule has 1 spiro atoms. The Morgan fingerprint density at radius 2 is 1.81 bits per heavy atom. The topological polar surface area (TPSA) is 29.5 Å². The van der Waals surface area contributed by atoms with E-state index in [1.807, 2.05) is 30.3 Å². The number of carbonyl (C=O) groups excluding carboxylic acids is 1. The van der Waals surface area contributed by atoms with Crippen molar-refractivity contribution in [2.24, 2.45) is 34.5 Å². The van der Waals surface area contributed by atoms with Gasteiger partial charge in [0.2, 0.25) is 0 Å². The molecule has 0 bridgehead atoms. The average Bonchev–Trinajstić information content (AvgIpc) is 3.28. The van der Waals surface area contributed by atoms with Crippen LogP contribution in [0.5, 0.6) is 0 Å². The molecule has 3 heteroatoms. The van der Waals surface area contributed by atoms with E-state index in [-0.39, 0.29) is 12.1 Å². The molecule has 4 aliphatic carbocycles. The van der Waals surface area contributed by atoms with Gasteiger partial charge in [-0.25, -0.2) is 4.79 Å². The van der Waals surface area contributed by atoms with Gasteiger partial charge in [0.15, 0.2) is 0 Å². The summed E-state index contributed by atoms with van der Waals surface area (Å²) in [4.78, 5) is 15.3. The van der Waals surface area contributed by atoms with Crippen molar-refractivity contribution in [3.8, 4) is 0 Å². The van der Waals surface area contributed by atoms with E-state index in [2.05, 4.69) is 31.9 Å². The average molecular weight is 434 g/mol. The fourth-order valence-electron chi connectivity index (χ4n) is 9.32. The van der Waals surface area contributed by atoms with Crippen molar-refractivity contribution in [1.29, 1.82) is 0 Å². The molecule has 1 unspecified atom stereocenters. The number of nitrogens with zero attached hydrogens (tertiary/aromatic N) is 1. The largest absolute Gasteiger partial charge is 0.458 e. The van der Waals surface area contributed by atoms with Gasteiger partial charge < -0.3 is 9.64 Å². The lowest BCUT2D eigenvalue weighted by atomic mass is 9.47. The molecule has 4 fully saturated rings. The van der Waals surface area contributed by atoms with Crippen LogP contribution in [0.1, 0.15) is 75.6 Å². The molecule has 1 aromatic rings. The maximum Gasteiger partial charge on any atom is 0.338 e. The fraction of sp³-hybridized carbons (Fsp3) is 0.690. The highest BCUT2D eigenvalue weighted by Crippen LogP contribution is 2.68. The Hall–Kier alpha value is -1.61. The number of hydrogen-bond donors (Lipinski definition) is 0. The van der Waals surface area contributed by atoms with Crippen molar-refractivity contribution in [2.75, 3.05) is 13.6 Å². The Labute approximate surface area is 193 Å². The molecule has 1 aromatic carbocycles. The van der Waals surface area contributed by atoms with Crippen molar-refractivity contribution < 1.29 is 9.53 Å². The van der Waals surface area contributed by atoms with Crippen LogP contribution in [0.4, 0.5) is 0 Å². The zero-order chi connectivity index (χ0) is 22.1. The van der Waals surface area contributed by atoms with E-state index in [0.717, 1.165) is 42.6 Å². The lowest BCUT2D eigenvalue weighted by Gasteiger charge is -2.58. The van der Waals surface area contributed by atoms with E-state index in [4.69, 9.17) is 4.74 Å². The second-order valence-corrected chi connectivity index (χ2v) is 12.0. The van der Waals surface area contributed by atoms with Gasteiger partial charge in [0.05, 0.1) is 5.56 Å². The summed E-state index contributed by atoms with van der Waals surface area (Å²) in [6.45, 7) is 6.36. The molecule has 32 heavy (non-hydrogen) atoms. The zero-order valence-electron chi connectivity index (χ0n) is 20.1. The summed E-state index contributed by atoms with van der Waals surface area (Å²) in [5.41, 5.74) is 3.18. The summed E-state index contributed by atoms with van der Waals surface area (Å²) >= 11 is 0. The van der Waals surface area contributed by atoms with Gasteiger partial charge in [0, 0.05) is 19.0 Å². The number of allylic oxidation sites excluding steroid dienone is 1. The summed E-state index contributed by atoms with van der Waals surface area (Å²) in [6.07, 6.45) is 12.8. The van der Waals surface area contributed by atoms with Crippen LogP contribution in [0, 0.1) is 34.5 Å². The van der Waals surface area contributed by atoms with Crippen LogP contribution in [0.15, 0.2) is 42.0 Å². The van der Waals surface area contributed by atoms with E-state index in [1.54, 1.807) is 5.57 Å². The molecular weight excluding hydrogens is 394 g/mol. The molecule has 1 saturated heterocycles. The zero-order valence-corrected chi connectivity index (χ0v) is 20.1. The van der Waals surface area contributed by atoms with Crippen LogP contribution < -0.4 is 0 Å². The van der Waals surface area contributed by atoms with Crippen LogP contribution in [0.25, 0.3) is 0 Å². The van der Waals surface area contributed by atoms with Crippen LogP contribution >= 0.6 is 0 Å². The quantitative estimate of drug-likeness (QED) is 0.417. The number of likely N-dealkylation sites (tertiary alicyclic amines) is 1. The number of benzene rings is 1. The normalized spacial score (nSPS) is 45.3. The number of fused-ring (bicyclic) bond motifs is 4. The molecule has 0 N–H and O–H groups in total. The van der Waals surface area contributed by atoms with Gasteiger partial charge in [0.25, 0.3) is 0 Å². The van der Waals surface area contributed by atoms with Crippen molar-refractivity contribution >= 4 is 5.97 Å². The highest BCUT2D eigenvalue weighted by atomic mass is 16.5. The molecule has 8 atom stereocenters. The van der Waals surface area contributed by atoms with Gasteiger partial charge in [-0.1, -0.05) is 36.8 Å². The second kappa shape index (κ2) is 7.45. The molecule has 172 valence electrons. The number of esters is 1. The first-order valence-electron chi connectivity index (χ1n) is 13.1. The first-order chi connectivity index (χ1) is 15.4. The Bertz CT molecular complexity index is 924. The summed E-state index contributed by atoms with van der Waals surface area (Å²) in [5, 5.41) is 0. The highest BCUT2D eigenvalue weighted by molar-refractivity contribution is 5.89. The summed E-state index contributed by atoms with van der Waals surface area (Å²) in [5.74, 6) is 3.37. The molecular formula is C29H39NO2. The molecule has 0 amide bonds. The van der Waals surface area contributed by atoms with E-state index in [0.29, 0.717) is 16.4 Å². The van der Waals surface area contributed by atoms with E-state index in [9.17, 15) is 4.79 Å². The number of hydrogen-bond acceptors (Lipinski definition) is 3. The van der Waals surface area contributed by atoms with Crippen LogP contribution in [-0.2, 0) is 4.74 Å². The number of carbonyl (C=O) groups is 1. The van der Waals surface area contributed by atoms with Gasteiger partial charge in [0.1, 0.15) is 6.10 Å². The minimum atomic E-state index is -0.162. The van der Waals surface area contributed by atoms with Crippen molar-refractivity contribution in [1.82, 2.24) is 4.90 Å². The summed E-state index contributed by atoms with van der Waals surface area (Å²) < 4.78 is 5.97. The van der Waals surface area contributed by atoms with E-state index >= 15 is 0 Å². The van der Waals surface area contributed by atoms with E-state index in [1.165, 1.54) is 45.1 Å². The summed E-state index contributed by atoms with van der Waals surface area (Å²) in [6, 6.07) is 10.2. The van der Waals surface area contributed by atoms with Gasteiger partial charge in [-0.3, -0.25) is 0 Å². The Morgan fingerprint density at radius 3 is 2.62 bits per heavy atom. The maximum atomic E-state index is 12.6. The minimum absolute atomic E-state index is 0.0358. The first-order valence-corrected chi connectivity index (χ1v) is 13.1. The maximum absolute atomic E-state index is 12.6. The first kappa shape index (κ1) is 21.0. The number of ether oxygens (including phenoxy) is 1. The van der Waals surface area contributed by atoms with Gasteiger partial charge in [-0.15, -0.1) is 0 Å². The van der Waals surface area contributed by atoms with Crippen molar-refractivity contribution in [3.05, 3.63) is 47.5 Å². The molecule has 1 aliphatic heterocycles. The highest BCUT2D eigenvalue weighted by Gasteiger charge is 2.64. The lowest BCUT2D eigenvalue weighted by molar-refractivity contribution is -0.0507. The van der Waals surface area contributed by atoms with Crippen molar-refractivity contribution in [2.45, 2.75) is 77.4 Å². The lowest BCUT2D eigenvalue weighted by Crippen LogP contribution is -2.51. The standard InChI is InChI=1S/C29H39NO2/c1-19-24-11-12-26-23-10-9-21-17-22(32-27(31)20-7-5-4-6-8-20)13-15-28(21,2)25(23)14-16-29(24,26)18-30(19)3/h4-9,19,22-26H,10-18H2,1-3H3/t19-,22-,23+,24+,25?,26-,28-,29-/m0/s1. The van der Waals surface area contributed by atoms with E-state index < -0.39 is 0 Å². The summed E-state index contributed by atoms with van der Waals surface area (Å²) in [7, 11) is 2.36. The molecule has 3 nitrogen and oxygen atoms in total. The second-order valence-electron chi connectivity index (χ2n) is 12.0. The SMILES string of the molecule is C[C@H]1[C@H]2CC[C@H]3[C@@H]4CC=C5C[C@@H](OC(=O)c6ccccc6)CC[C@]5(C)C4CC[C@]23CN1C.